The van der Waals surface area contributed by atoms with Crippen molar-refractivity contribution in [3.05, 3.63) is 42.1 Å². The van der Waals surface area contributed by atoms with Crippen LogP contribution in [0, 0.1) is 6.92 Å². The first-order valence-corrected chi connectivity index (χ1v) is 4.35. The van der Waals surface area contributed by atoms with Crippen LogP contribution in [-0.2, 0) is 0 Å². The molecule has 0 aliphatic rings. The lowest BCUT2D eigenvalue weighted by Crippen LogP contribution is -1.89. The summed E-state index contributed by atoms with van der Waals surface area (Å²) in [5.74, 6) is 0.0209. The third-order valence-corrected chi connectivity index (χ3v) is 1.99. The Labute approximate surface area is 82.1 Å². The van der Waals surface area contributed by atoms with Gasteiger partial charge in [0.25, 0.3) is 0 Å². The Morgan fingerprint density at radius 3 is 2.71 bits per heavy atom. The van der Waals surface area contributed by atoms with Gasteiger partial charge in [0.05, 0.1) is 11.4 Å². The molecule has 2 rings (SSSR count). The first kappa shape index (κ1) is 8.69. The fraction of sp³-hybridized carbons (Fsp3) is 0.0909. The van der Waals surface area contributed by atoms with Gasteiger partial charge in [-0.2, -0.15) is 0 Å². The van der Waals surface area contributed by atoms with Crippen molar-refractivity contribution in [2.75, 3.05) is 0 Å². The molecule has 3 nitrogen and oxygen atoms in total. The molecule has 0 fully saturated rings. The van der Waals surface area contributed by atoms with Gasteiger partial charge in [-0.25, -0.2) is 4.98 Å². The quantitative estimate of drug-likeness (QED) is 0.742. The van der Waals surface area contributed by atoms with Crippen molar-refractivity contribution in [2.24, 2.45) is 0 Å². The van der Waals surface area contributed by atoms with Crippen molar-refractivity contribution in [1.82, 2.24) is 9.97 Å². The van der Waals surface area contributed by atoms with Crippen LogP contribution in [0.4, 0.5) is 0 Å². The molecule has 0 aliphatic carbocycles. The van der Waals surface area contributed by atoms with E-state index in [9.17, 15) is 5.11 Å². The van der Waals surface area contributed by atoms with Gasteiger partial charge < -0.3 is 5.11 Å². The fourth-order valence-electron chi connectivity index (χ4n) is 1.31. The molecule has 0 bridgehead atoms. The maximum Gasteiger partial charge on any atom is 0.211 e. The summed E-state index contributed by atoms with van der Waals surface area (Å²) in [6.45, 7) is 1.97. The Balaban J connectivity index is 2.55. The highest BCUT2D eigenvalue weighted by molar-refractivity contribution is 5.58. The van der Waals surface area contributed by atoms with E-state index in [2.05, 4.69) is 9.97 Å². The van der Waals surface area contributed by atoms with E-state index >= 15 is 0 Å². The second-order valence-electron chi connectivity index (χ2n) is 3.05. The monoisotopic (exact) mass is 186 g/mol. The number of aryl methyl sites for hydroxylation is 1. The molecule has 3 heteroatoms. The fourth-order valence-corrected chi connectivity index (χ4v) is 1.31. The lowest BCUT2D eigenvalue weighted by atomic mass is 10.1. The van der Waals surface area contributed by atoms with Crippen LogP contribution in [0.3, 0.4) is 0 Å². The number of rotatable bonds is 1. The zero-order valence-corrected chi connectivity index (χ0v) is 7.81. The van der Waals surface area contributed by atoms with Gasteiger partial charge in [-0.1, -0.05) is 12.1 Å². The molecule has 2 aromatic rings. The van der Waals surface area contributed by atoms with Crippen LogP contribution in [0.2, 0.25) is 0 Å². The van der Waals surface area contributed by atoms with Crippen LogP contribution < -0.4 is 0 Å². The maximum absolute atomic E-state index is 9.23. The van der Waals surface area contributed by atoms with Crippen molar-refractivity contribution in [3.8, 4) is 17.3 Å². The minimum absolute atomic E-state index is 0.0209. The van der Waals surface area contributed by atoms with E-state index in [1.54, 1.807) is 18.3 Å². The predicted octanol–water partition coefficient (Wildman–Crippen LogP) is 2.16. The molecule has 0 spiro atoms. The second kappa shape index (κ2) is 3.46. The van der Waals surface area contributed by atoms with E-state index in [1.807, 2.05) is 25.1 Å². The molecule has 2 aromatic heterocycles. The highest BCUT2D eigenvalue weighted by Gasteiger charge is 2.03. The molecule has 0 amide bonds. The molecule has 0 saturated carbocycles. The molecule has 0 unspecified atom stereocenters. The molecular formula is C11H10N2O. The lowest BCUT2D eigenvalue weighted by molar-refractivity contribution is 0.454. The first-order chi connectivity index (χ1) is 6.77. The van der Waals surface area contributed by atoms with Crippen molar-refractivity contribution >= 4 is 0 Å². The zero-order chi connectivity index (χ0) is 9.97. The zero-order valence-electron chi connectivity index (χ0n) is 7.81. The van der Waals surface area contributed by atoms with Gasteiger partial charge in [0.1, 0.15) is 0 Å². The third-order valence-electron chi connectivity index (χ3n) is 1.99. The van der Waals surface area contributed by atoms with Crippen LogP contribution in [0.1, 0.15) is 5.56 Å². The summed E-state index contributed by atoms with van der Waals surface area (Å²) in [5.41, 5.74) is 2.55. The van der Waals surface area contributed by atoms with E-state index in [4.69, 9.17) is 0 Å². The molecule has 0 aliphatic heterocycles. The van der Waals surface area contributed by atoms with E-state index in [0.29, 0.717) is 5.69 Å². The van der Waals surface area contributed by atoms with Crippen molar-refractivity contribution in [3.63, 3.8) is 0 Å². The number of hydrogen-bond donors (Lipinski definition) is 1. The average molecular weight is 186 g/mol. The molecule has 14 heavy (non-hydrogen) atoms. The normalized spacial score (nSPS) is 10.1. The van der Waals surface area contributed by atoms with Crippen LogP contribution >= 0.6 is 0 Å². The van der Waals surface area contributed by atoms with Gasteiger partial charge in [0.2, 0.25) is 5.88 Å². The third kappa shape index (κ3) is 1.57. The van der Waals surface area contributed by atoms with Crippen molar-refractivity contribution in [1.29, 1.82) is 0 Å². The second-order valence-corrected chi connectivity index (χ2v) is 3.05. The van der Waals surface area contributed by atoms with E-state index in [-0.39, 0.29) is 5.88 Å². The average Bonchev–Trinajstić information content (AvgIpc) is 2.18. The van der Waals surface area contributed by atoms with E-state index in [1.165, 1.54) is 0 Å². The molecule has 0 aromatic carbocycles. The Kier molecular flexibility index (Phi) is 2.14. The summed E-state index contributed by atoms with van der Waals surface area (Å²) in [6, 6.07) is 8.97. The van der Waals surface area contributed by atoms with Gasteiger partial charge in [-0.15, -0.1) is 0 Å². The van der Waals surface area contributed by atoms with Crippen molar-refractivity contribution in [2.45, 2.75) is 6.92 Å². The summed E-state index contributed by atoms with van der Waals surface area (Å²) in [7, 11) is 0. The van der Waals surface area contributed by atoms with Gasteiger partial charge in [-0.05, 0) is 24.6 Å². The number of aromatic nitrogens is 2. The smallest absolute Gasteiger partial charge is 0.211 e. The molecular weight excluding hydrogens is 176 g/mol. The Hall–Kier alpha value is -1.90. The largest absolute Gasteiger partial charge is 0.493 e. The SMILES string of the molecule is Cc1cccnc1-c1cccc(O)n1. The van der Waals surface area contributed by atoms with Crippen molar-refractivity contribution < 1.29 is 5.11 Å². The Morgan fingerprint density at radius 2 is 2.00 bits per heavy atom. The van der Waals surface area contributed by atoms with Gasteiger partial charge >= 0.3 is 0 Å². The highest BCUT2D eigenvalue weighted by atomic mass is 16.3. The van der Waals surface area contributed by atoms with E-state index in [0.717, 1.165) is 11.3 Å². The molecule has 2 heterocycles. The summed E-state index contributed by atoms with van der Waals surface area (Å²) in [4.78, 5) is 8.21. The Bertz CT molecular complexity index is 455. The van der Waals surface area contributed by atoms with Crippen LogP contribution in [0.5, 0.6) is 5.88 Å². The standard InChI is InChI=1S/C11H10N2O/c1-8-4-3-7-12-11(8)9-5-2-6-10(14)13-9/h2-7H,1H3,(H,13,14). The number of nitrogens with zero attached hydrogens (tertiary/aromatic N) is 2. The summed E-state index contributed by atoms with van der Waals surface area (Å²) >= 11 is 0. The predicted molar refractivity (Wildman–Crippen MR) is 53.9 cm³/mol. The molecule has 0 radical (unpaired) electrons. The summed E-state index contributed by atoms with van der Waals surface area (Å²) in [5, 5.41) is 9.23. The number of hydrogen-bond acceptors (Lipinski definition) is 3. The van der Waals surface area contributed by atoms with Gasteiger partial charge in [0.15, 0.2) is 0 Å². The summed E-state index contributed by atoms with van der Waals surface area (Å²) < 4.78 is 0. The minimum atomic E-state index is 0.0209. The highest BCUT2D eigenvalue weighted by Crippen LogP contribution is 2.19. The van der Waals surface area contributed by atoms with E-state index < -0.39 is 0 Å². The maximum atomic E-state index is 9.23. The lowest BCUT2D eigenvalue weighted by Gasteiger charge is -2.02. The first-order valence-electron chi connectivity index (χ1n) is 4.35. The topological polar surface area (TPSA) is 46.0 Å². The molecule has 70 valence electrons. The summed E-state index contributed by atoms with van der Waals surface area (Å²) in [6.07, 6.45) is 1.72. The van der Waals surface area contributed by atoms with Gasteiger partial charge in [0, 0.05) is 12.3 Å². The molecule has 0 atom stereocenters. The van der Waals surface area contributed by atoms with Crippen LogP contribution in [-0.4, -0.2) is 15.1 Å². The Morgan fingerprint density at radius 1 is 1.14 bits per heavy atom. The number of aromatic hydroxyl groups is 1. The molecule has 1 N–H and O–H groups in total. The van der Waals surface area contributed by atoms with Crippen LogP contribution in [0.15, 0.2) is 36.5 Å². The minimum Gasteiger partial charge on any atom is -0.493 e. The number of pyridine rings is 2. The van der Waals surface area contributed by atoms with Gasteiger partial charge in [-0.3, -0.25) is 4.98 Å². The molecule has 0 saturated heterocycles. The van der Waals surface area contributed by atoms with Crippen LogP contribution in [0.25, 0.3) is 11.4 Å².